The van der Waals surface area contributed by atoms with Crippen molar-refractivity contribution in [2.75, 3.05) is 19.8 Å². The van der Waals surface area contributed by atoms with E-state index in [-0.39, 0.29) is 17.7 Å². The van der Waals surface area contributed by atoms with Crippen LogP contribution in [0.1, 0.15) is 24.0 Å². The Labute approximate surface area is 172 Å². The van der Waals surface area contributed by atoms with Crippen molar-refractivity contribution in [1.29, 1.82) is 0 Å². The minimum absolute atomic E-state index is 0.0238. The van der Waals surface area contributed by atoms with E-state index in [2.05, 4.69) is 33.4 Å². The summed E-state index contributed by atoms with van der Waals surface area (Å²) in [6.45, 7) is 2.00. The molecule has 0 aromatic heterocycles. The largest absolute Gasteiger partial charge is 0.381 e. The smallest absolute Gasteiger partial charge is 0.224 e. The molecule has 2 aromatic carbocycles. The summed E-state index contributed by atoms with van der Waals surface area (Å²) in [5.41, 5.74) is 1.97. The molecule has 1 fully saturated rings. The molecule has 1 saturated heterocycles. The summed E-state index contributed by atoms with van der Waals surface area (Å²) >= 11 is 15.5. The molecule has 0 spiro atoms. The van der Waals surface area contributed by atoms with E-state index in [0.717, 1.165) is 22.9 Å². The van der Waals surface area contributed by atoms with E-state index in [4.69, 9.17) is 27.9 Å². The highest BCUT2D eigenvalue weighted by atomic mass is 79.9. The van der Waals surface area contributed by atoms with Gasteiger partial charge >= 0.3 is 0 Å². The fourth-order valence-corrected chi connectivity index (χ4v) is 4.03. The van der Waals surface area contributed by atoms with E-state index in [1.807, 2.05) is 18.2 Å². The Morgan fingerprint density at radius 1 is 1.12 bits per heavy atom. The summed E-state index contributed by atoms with van der Waals surface area (Å²) in [6, 6.07) is 13.6. The SMILES string of the molecule is O=C(Cc1ccc(Cl)c(Cl)c1)NCC1(c2cccc(Br)c2)CCOCC1. The van der Waals surface area contributed by atoms with Crippen molar-refractivity contribution in [2.45, 2.75) is 24.7 Å². The quantitative estimate of drug-likeness (QED) is 0.674. The molecule has 26 heavy (non-hydrogen) atoms. The van der Waals surface area contributed by atoms with Gasteiger partial charge in [0, 0.05) is 29.6 Å². The number of benzene rings is 2. The van der Waals surface area contributed by atoms with Gasteiger partial charge in [0.2, 0.25) is 5.91 Å². The number of hydrogen-bond donors (Lipinski definition) is 1. The number of halogens is 3. The zero-order valence-electron chi connectivity index (χ0n) is 14.2. The molecule has 0 saturated carbocycles. The van der Waals surface area contributed by atoms with Gasteiger partial charge in [-0.3, -0.25) is 4.79 Å². The van der Waals surface area contributed by atoms with Gasteiger partial charge in [0.05, 0.1) is 16.5 Å². The highest BCUT2D eigenvalue weighted by molar-refractivity contribution is 9.10. The first-order chi connectivity index (χ1) is 12.5. The lowest BCUT2D eigenvalue weighted by molar-refractivity contribution is -0.120. The second-order valence-electron chi connectivity index (χ2n) is 6.61. The molecule has 138 valence electrons. The molecule has 1 aliphatic heterocycles. The maximum atomic E-state index is 12.5. The molecule has 0 bridgehead atoms. The highest BCUT2D eigenvalue weighted by Gasteiger charge is 2.35. The molecular formula is C20H20BrCl2NO2. The standard InChI is InChI=1S/C20H20BrCl2NO2/c21-16-3-1-2-15(12-16)20(6-8-26-9-7-20)13-24-19(25)11-14-4-5-17(22)18(23)10-14/h1-5,10,12H,6-9,11,13H2,(H,24,25). The predicted octanol–water partition coefficient (Wildman–Crippen LogP) is 5.16. The molecule has 0 radical (unpaired) electrons. The van der Waals surface area contributed by atoms with Crippen LogP contribution in [0.3, 0.4) is 0 Å². The Hall–Kier alpha value is -1.07. The summed E-state index contributed by atoms with van der Waals surface area (Å²) in [5, 5.41) is 4.06. The number of nitrogens with one attached hydrogen (secondary N) is 1. The highest BCUT2D eigenvalue weighted by Crippen LogP contribution is 2.35. The van der Waals surface area contributed by atoms with Crippen molar-refractivity contribution in [2.24, 2.45) is 0 Å². The Kier molecular flexibility index (Phi) is 6.62. The van der Waals surface area contributed by atoms with Gasteiger partial charge in [0.15, 0.2) is 0 Å². The minimum Gasteiger partial charge on any atom is -0.381 e. The van der Waals surface area contributed by atoms with Crippen LogP contribution in [0.25, 0.3) is 0 Å². The Morgan fingerprint density at radius 3 is 2.58 bits per heavy atom. The molecule has 0 atom stereocenters. The van der Waals surface area contributed by atoms with Crippen molar-refractivity contribution < 1.29 is 9.53 Å². The fraction of sp³-hybridized carbons (Fsp3) is 0.350. The lowest BCUT2D eigenvalue weighted by Gasteiger charge is -2.38. The number of carbonyl (C=O) groups is 1. The van der Waals surface area contributed by atoms with Gasteiger partial charge < -0.3 is 10.1 Å². The topological polar surface area (TPSA) is 38.3 Å². The van der Waals surface area contributed by atoms with Gasteiger partial charge in [0.25, 0.3) is 0 Å². The van der Waals surface area contributed by atoms with Crippen molar-refractivity contribution in [3.63, 3.8) is 0 Å². The molecule has 1 heterocycles. The first-order valence-electron chi connectivity index (χ1n) is 8.53. The Bertz CT molecular complexity index is 791. The van der Waals surface area contributed by atoms with Crippen LogP contribution in [0, 0.1) is 0 Å². The predicted molar refractivity (Wildman–Crippen MR) is 109 cm³/mol. The van der Waals surface area contributed by atoms with Crippen LogP contribution in [0.2, 0.25) is 10.0 Å². The molecule has 1 N–H and O–H groups in total. The van der Waals surface area contributed by atoms with Gasteiger partial charge in [-0.25, -0.2) is 0 Å². The average molecular weight is 457 g/mol. The molecule has 1 amide bonds. The maximum absolute atomic E-state index is 12.5. The molecule has 1 aliphatic rings. The van der Waals surface area contributed by atoms with Crippen LogP contribution in [-0.2, 0) is 21.4 Å². The summed E-state index contributed by atoms with van der Waals surface area (Å²) in [4.78, 5) is 12.5. The van der Waals surface area contributed by atoms with E-state index in [9.17, 15) is 4.79 Å². The van der Waals surface area contributed by atoms with E-state index >= 15 is 0 Å². The number of ether oxygens (including phenoxy) is 1. The van der Waals surface area contributed by atoms with Crippen LogP contribution in [-0.4, -0.2) is 25.7 Å². The maximum Gasteiger partial charge on any atom is 0.224 e. The number of amides is 1. The van der Waals surface area contributed by atoms with Crippen molar-refractivity contribution >= 4 is 45.0 Å². The lowest BCUT2D eigenvalue weighted by Crippen LogP contribution is -2.45. The van der Waals surface area contributed by atoms with Crippen LogP contribution in [0.4, 0.5) is 0 Å². The molecule has 3 nitrogen and oxygen atoms in total. The van der Waals surface area contributed by atoms with Crippen molar-refractivity contribution in [3.8, 4) is 0 Å². The summed E-state index contributed by atoms with van der Waals surface area (Å²) in [5.74, 6) is -0.0238. The first kappa shape index (κ1) is 19.7. The molecule has 0 unspecified atom stereocenters. The van der Waals surface area contributed by atoms with Gasteiger partial charge in [-0.15, -0.1) is 0 Å². The average Bonchev–Trinajstić information content (AvgIpc) is 2.64. The summed E-state index contributed by atoms with van der Waals surface area (Å²) in [7, 11) is 0. The monoisotopic (exact) mass is 455 g/mol. The number of hydrogen-bond acceptors (Lipinski definition) is 2. The van der Waals surface area contributed by atoms with Crippen molar-refractivity contribution in [3.05, 3.63) is 68.1 Å². The zero-order chi connectivity index (χ0) is 18.6. The fourth-order valence-electron chi connectivity index (χ4n) is 3.31. The molecule has 2 aromatic rings. The third kappa shape index (κ3) is 4.80. The van der Waals surface area contributed by atoms with Gasteiger partial charge in [-0.2, -0.15) is 0 Å². The third-order valence-corrected chi connectivity index (χ3v) is 6.09. The summed E-state index contributed by atoms with van der Waals surface area (Å²) < 4.78 is 6.60. The molecule has 3 rings (SSSR count). The third-order valence-electron chi connectivity index (χ3n) is 4.86. The van der Waals surface area contributed by atoms with Gasteiger partial charge in [-0.05, 0) is 48.2 Å². The number of rotatable bonds is 5. The molecule has 0 aliphatic carbocycles. The van der Waals surface area contributed by atoms with Crippen LogP contribution < -0.4 is 5.32 Å². The van der Waals surface area contributed by atoms with E-state index in [1.54, 1.807) is 12.1 Å². The van der Waals surface area contributed by atoms with Gasteiger partial charge in [-0.1, -0.05) is 57.3 Å². The lowest BCUT2D eigenvalue weighted by atomic mass is 9.74. The van der Waals surface area contributed by atoms with E-state index < -0.39 is 0 Å². The summed E-state index contributed by atoms with van der Waals surface area (Å²) in [6.07, 6.45) is 2.05. The molecule has 6 heteroatoms. The van der Waals surface area contributed by atoms with Crippen LogP contribution in [0.15, 0.2) is 46.9 Å². The van der Waals surface area contributed by atoms with Gasteiger partial charge in [0.1, 0.15) is 0 Å². The van der Waals surface area contributed by atoms with Crippen LogP contribution >= 0.6 is 39.1 Å². The molecular weight excluding hydrogens is 437 g/mol. The Balaban J connectivity index is 1.69. The van der Waals surface area contributed by atoms with E-state index in [1.165, 1.54) is 5.56 Å². The zero-order valence-corrected chi connectivity index (χ0v) is 17.3. The normalized spacial score (nSPS) is 16.3. The number of carbonyl (C=O) groups excluding carboxylic acids is 1. The Morgan fingerprint density at radius 2 is 1.88 bits per heavy atom. The minimum atomic E-state index is -0.102. The van der Waals surface area contributed by atoms with Crippen molar-refractivity contribution in [1.82, 2.24) is 5.32 Å². The second-order valence-corrected chi connectivity index (χ2v) is 8.34. The second kappa shape index (κ2) is 8.75. The van der Waals surface area contributed by atoms with Crippen LogP contribution in [0.5, 0.6) is 0 Å². The first-order valence-corrected chi connectivity index (χ1v) is 10.1. The van der Waals surface area contributed by atoms with E-state index in [0.29, 0.717) is 29.8 Å².